The van der Waals surface area contributed by atoms with E-state index in [0.29, 0.717) is 15.7 Å². The minimum Gasteiger partial charge on any atom is -0.294 e. The number of rotatable bonds is 9. The topological polar surface area (TPSA) is 84.3 Å². The lowest BCUT2D eigenvalue weighted by atomic mass is 10.1. The fourth-order valence-corrected chi connectivity index (χ4v) is 5.85. The molecule has 10 heteroatoms. The van der Waals surface area contributed by atoms with Crippen molar-refractivity contribution in [3.8, 4) is 16.9 Å². The minimum atomic E-state index is -3.94. The van der Waals surface area contributed by atoms with Crippen LogP contribution >= 0.6 is 23.2 Å². The molecule has 0 spiro atoms. The summed E-state index contributed by atoms with van der Waals surface area (Å²) in [7, 11) is -3.94. The number of aromatic nitrogens is 2. The molecule has 0 unspecified atom stereocenters. The summed E-state index contributed by atoms with van der Waals surface area (Å²) >= 11 is 12.0. The number of imidazole rings is 1. The second-order valence-electron chi connectivity index (χ2n) is 9.79. The third-order valence-corrected chi connectivity index (χ3v) is 8.54. The number of carbonyl (C=O) groups excluding carboxylic acids is 1. The molecular formula is C29H30Cl2N4O3S. The van der Waals surface area contributed by atoms with Crippen LogP contribution in [0.4, 0.5) is 5.95 Å². The first-order valence-corrected chi connectivity index (χ1v) is 14.6. The molecule has 0 aliphatic rings. The third-order valence-electron chi connectivity index (χ3n) is 6.21. The van der Waals surface area contributed by atoms with E-state index in [-0.39, 0.29) is 29.9 Å². The van der Waals surface area contributed by atoms with Crippen molar-refractivity contribution in [1.29, 1.82) is 0 Å². The number of halogens is 2. The molecule has 0 radical (unpaired) electrons. The predicted octanol–water partition coefficient (Wildman–Crippen LogP) is 6.75. The first kappa shape index (κ1) is 28.8. The summed E-state index contributed by atoms with van der Waals surface area (Å²) in [6.45, 7) is 7.62. The summed E-state index contributed by atoms with van der Waals surface area (Å²) in [6.07, 6.45) is 1.83. The maximum Gasteiger partial charge on any atom is 0.243 e. The van der Waals surface area contributed by atoms with Crippen LogP contribution in [0.2, 0.25) is 10.0 Å². The molecule has 4 rings (SSSR count). The molecule has 1 N–H and O–H groups in total. The zero-order chi connectivity index (χ0) is 28.3. The molecule has 7 nitrogen and oxygen atoms in total. The lowest BCUT2D eigenvalue weighted by Gasteiger charge is -2.23. The van der Waals surface area contributed by atoms with Crippen LogP contribution in [0.1, 0.15) is 25.0 Å². The summed E-state index contributed by atoms with van der Waals surface area (Å²) in [5.41, 5.74) is 4.49. The quantitative estimate of drug-likeness (QED) is 0.236. The second kappa shape index (κ2) is 11.9. The van der Waals surface area contributed by atoms with Gasteiger partial charge in [0.15, 0.2) is 0 Å². The third kappa shape index (κ3) is 6.89. The number of carbonyl (C=O) groups is 1. The highest BCUT2D eigenvalue weighted by Gasteiger charge is 2.28. The van der Waals surface area contributed by atoms with Crippen LogP contribution in [0.25, 0.3) is 16.9 Å². The molecule has 204 valence electrons. The summed E-state index contributed by atoms with van der Waals surface area (Å²) in [5, 5.41) is 3.87. The van der Waals surface area contributed by atoms with Gasteiger partial charge in [0.05, 0.1) is 17.1 Å². The van der Waals surface area contributed by atoms with Gasteiger partial charge in [-0.2, -0.15) is 4.31 Å². The van der Waals surface area contributed by atoms with Crippen molar-refractivity contribution in [2.24, 2.45) is 5.92 Å². The van der Waals surface area contributed by atoms with E-state index in [1.807, 2.05) is 64.2 Å². The second-order valence-corrected chi connectivity index (χ2v) is 12.6. The highest BCUT2D eigenvalue weighted by atomic mass is 35.5. The highest BCUT2D eigenvalue weighted by molar-refractivity contribution is 7.89. The van der Waals surface area contributed by atoms with Gasteiger partial charge in [0.1, 0.15) is 0 Å². The first-order chi connectivity index (χ1) is 18.4. The van der Waals surface area contributed by atoms with Crippen molar-refractivity contribution in [3.63, 3.8) is 0 Å². The van der Waals surface area contributed by atoms with Gasteiger partial charge in [-0.15, -0.1) is 0 Å². The van der Waals surface area contributed by atoms with E-state index < -0.39 is 15.9 Å². The highest BCUT2D eigenvalue weighted by Crippen LogP contribution is 2.27. The van der Waals surface area contributed by atoms with Crippen LogP contribution in [0.5, 0.6) is 0 Å². The minimum absolute atomic E-state index is 0.00565. The molecule has 3 aromatic carbocycles. The Kier molecular flexibility index (Phi) is 8.81. The van der Waals surface area contributed by atoms with Gasteiger partial charge >= 0.3 is 0 Å². The zero-order valence-electron chi connectivity index (χ0n) is 22.2. The number of sulfonamides is 1. The number of amides is 1. The maximum absolute atomic E-state index is 13.4. The number of benzene rings is 3. The Morgan fingerprint density at radius 3 is 2.15 bits per heavy atom. The number of aryl methyl sites for hydroxylation is 2. The molecule has 4 aromatic rings. The van der Waals surface area contributed by atoms with Crippen LogP contribution in [0.15, 0.2) is 77.8 Å². The van der Waals surface area contributed by atoms with Gasteiger partial charge in [-0.1, -0.05) is 55.2 Å². The van der Waals surface area contributed by atoms with E-state index in [1.54, 1.807) is 16.7 Å². The standard InChI is InChI=1S/C29H30Cl2N4O3S/c1-19(2)16-34(39(37,38)26-13-10-24(31)11-14-26)18-28(36)33-29-32-27(22-6-8-23(30)9-7-22)17-35(29)25-12-5-20(3)21(4)15-25/h5-15,17,19H,16,18H2,1-4H3,(H,32,33,36). The van der Waals surface area contributed by atoms with Gasteiger partial charge in [0.25, 0.3) is 0 Å². The Morgan fingerprint density at radius 2 is 1.56 bits per heavy atom. The summed E-state index contributed by atoms with van der Waals surface area (Å²) in [4.78, 5) is 18.1. The molecule has 0 saturated carbocycles. The number of nitrogens with zero attached hydrogens (tertiary/aromatic N) is 3. The maximum atomic E-state index is 13.4. The molecule has 0 bridgehead atoms. The van der Waals surface area contributed by atoms with E-state index >= 15 is 0 Å². The van der Waals surface area contributed by atoms with Gasteiger partial charge in [-0.3, -0.25) is 14.7 Å². The van der Waals surface area contributed by atoms with Crippen LogP contribution in [0.3, 0.4) is 0 Å². The van der Waals surface area contributed by atoms with Gasteiger partial charge < -0.3 is 0 Å². The van der Waals surface area contributed by atoms with Crippen LogP contribution < -0.4 is 5.32 Å². The Bertz CT molecular complexity index is 1580. The summed E-state index contributed by atoms with van der Waals surface area (Å²) < 4.78 is 29.8. The van der Waals surface area contributed by atoms with E-state index in [9.17, 15) is 13.2 Å². The smallest absolute Gasteiger partial charge is 0.243 e. The summed E-state index contributed by atoms with van der Waals surface area (Å²) in [6, 6.07) is 19.1. The Hall–Kier alpha value is -3.17. The molecule has 0 atom stereocenters. The average Bonchev–Trinajstić information content (AvgIpc) is 3.29. The fraction of sp³-hybridized carbons (Fsp3) is 0.241. The molecular weight excluding hydrogens is 555 g/mol. The summed E-state index contributed by atoms with van der Waals surface area (Å²) in [5.74, 6) is -0.234. The average molecular weight is 586 g/mol. The van der Waals surface area contributed by atoms with Crippen molar-refractivity contribution < 1.29 is 13.2 Å². The zero-order valence-corrected chi connectivity index (χ0v) is 24.5. The van der Waals surface area contributed by atoms with E-state index in [1.165, 1.54) is 28.6 Å². The van der Waals surface area contributed by atoms with Crippen molar-refractivity contribution in [2.75, 3.05) is 18.4 Å². The van der Waals surface area contributed by atoms with Crippen molar-refractivity contribution in [3.05, 3.63) is 94.1 Å². The Morgan fingerprint density at radius 1 is 0.949 bits per heavy atom. The lowest BCUT2D eigenvalue weighted by molar-refractivity contribution is -0.116. The van der Waals surface area contributed by atoms with E-state index in [0.717, 1.165) is 22.4 Å². The van der Waals surface area contributed by atoms with E-state index in [4.69, 9.17) is 23.2 Å². The first-order valence-electron chi connectivity index (χ1n) is 12.4. The van der Waals surface area contributed by atoms with Gasteiger partial charge in [0, 0.05) is 34.0 Å². The number of anilines is 1. The molecule has 0 fully saturated rings. The molecule has 39 heavy (non-hydrogen) atoms. The number of hydrogen-bond donors (Lipinski definition) is 1. The normalized spacial score (nSPS) is 11.8. The SMILES string of the molecule is Cc1ccc(-n2cc(-c3ccc(Cl)cc3)nc2NC(=O)CN(CC(C)C)S(=O)(=O)c2ccc(Cl)cc2)cc1C. The number of hydrogen-bond acceptors (Lipinski definition) is 4. The number of nitrogens with one attached hydrogen (secondary N) is 1. The van der Waals surface area contributed by atoms with Crippen LogP contribution in [-0.2, 0) is 14.8 Å². The molecule has 0 saturated heterocycles. The Balaban J connectivity index is 1.67. The largest absolute Gasteiger partial charge is 0.294 e. The van der Waals surface area contributed by atoms with Crippen molar-refractivity contribution in [2.45, 2.75) is 32.6 Å². The Labute approximate surface area is 239 Å². The van der Waals surface area contributed by atoms with Crippen molar-refractivity contribution >= 4 is 45.1 Å². The molecule has 1 amide bonds. The lowest BCUT2D eigenvalue weighted by Crippen LogP contribution is -2.40. The fourth-order valence-electron chi connectivity index (χ4n) is 4.04. The van der Waals surface area contributed by atoms with Crippen LogP contribution in [0, 0.1) is 19.8 Å². The van der Waals surface area contributed by atoms with Crippen molar-refractivity contribution in [1.82, 2.24) is 13.9 Å². The monoisotopic (exact) mass is 584 g/mol. The predicted molar refractivity (Wildman–Crippen MR) is 157 cm³/mol. The molecule has 0 aliphatic carbocycles. The molecule has 0 aliphatic heterocycles. The molecule has 1 aromatic heterocycles. The van der Waals surface area contributed by atoms with Gasteiger partial charge in [0.2, 0.25) is 21.9 Å². The molecule has 1 heterocycles. The van der Waals surface area contributed by atoms with Gasteiger partial charge in [-0.25, -0.2) is 13.4 Å². The van der Waals surface area contributed by atoms with E-state index in [2.05, 4.69) is 10.3 Å². The van der Waals surface area contributed by atoms with Gasteiger partial charge in [-0.05, 0) is 79.4 Å². The van der Waals surface area contributed by atoms with Crippen LogP contribution in [-0.4, -0.2) is 41.3 Å².